The standard InChI is InChI=1S/C10H19NO2/c1-3-13-10-5-7-4-8(12)6-9(10)11(7)2/h7-10,12H,3-6H2,1-2H3/t7-,8+,9+,10-/m1/s1. The number of aliphatic hydroxyl groups excluding tert-OH is 1. The van der Waals surface area contributed by atoms with E-state index in [1.165, 1.54) is 0 Å². The van der Waals surface area contributed by atoms with Crippen LogP contribution < -0.4 is 0 Å². The van der Waals surface area contributed by atoms with Gasteiger partial charge in [-0.15, -0.1) is 0 Å². The van der Waals surface area contributed by atoms with Crippen LogP contribution in [0.25, 0.3) is 0 Å². The molecule has 0 aromatic carbocycles. The summed E-state index contributed by atoms with van der Waals surface area (Å²) in [5.74, 6) is 0. The summed E-state index contributed by atoms with van der Waals surface area (Å²) in [7, 11) is 2.15. The van der Waals surface area contributed by atoms with Gasteiger partial charge in [-0.25, -0.2) is 0 Å². The molecular formula is C10H19NO2. The van der Waals surface area contributed by atoms with Gasteiger partial charge < -0.3 is 9.84 Å². The predicted octanol–water partition coefficient (Wildman–Crippen LogP) is 0.619. The van der Waals surface area contributed by atoms with E-state index in [1.54, 1.807) is 0 Å². The number of ether oxygens (including phenoxy) is 1. The van der Waals surface area contributed by atoms with Crippen LogP contribution >= 0.6 is 0 Å². The molecule has 0 spiro atoms. The van der Waals surface area contributed by atoms with E-state index < -0.39 is 0 Å². The van der Waals surface area contributed by atoms with Gasteiger partial charge in [0, 0.05) is 18.7 Å². The van der Waals surface area contributed by atoms with Gasteiger partial charge in [0.15, 0.2) is 0 Å². The maximum atomic E-state index is 9.61. The summed E-state index contributed by atoms with van der Waals surface area (Å²) in [5, 5.41) is 9.61. The molecule has 2 saturated heterocycles. The molecule has 0 aromatic heterocycles. The van der Waals surface area contributed by atoms with Gasteiger partial charge in [0.2, 0.25) is 0 Å². The maximum Gasteiger partial charge on any atom is 0.0745 e. The molecular weight excluding hydrogens is 166 g/mol. The molecule has 0 radical (unpaired) electrons. The molecule has 2 bridgehead atoms. The lowest BCUT2D eigenvalue weighted by Crippen LogP contribution is -2.44. The van der Waals surface area contributed by atoms with Gasteiger partial charge in [0.05, 0.1) is 12.2 Å². The van der Waals surface area contributed by atoms with E-state index in [-0.39, 0.29) is 6.10 Å². The number of rotatable bonds is 2. The van der Waals surface area contributed by atoms with E-state index in [4.69, 9.17) is 4.74 Å². The monoisotopic (exact) mass is 185 g/mol. The Morgan fingerprint density at radius 2 is 2.15 bits per heavy atom. The van der Waals surface area contributed by atoms with Crippen molar-refractivity contribution in [3.05, 3.63) is 0 Å². The zero-order valence-corrected chi connectivity index (χ0v) is 8.44. The quantitative estimate of drug-likeness (QED) is 0.684. The molecule has 4 atom stereocenters. The summed E-state index contributed by atoms with van der Waals surface area (Å²) >= 11 is 0. The Labute approximate surface area is 79.7 Å². The highest BCUT2D eigenvalue weighted by atomic mass is 16.5. The Morgan fingerprint density at radius 1 is 1.38 bits per heavy atom. The topological polar surface area (TPSA) is 32.7 Å². The highest BCUT2D eigenvalue weighted by Crippen LogP contribution is 2.35. The molecule has 0 amide bonds. The van der Waals surface area contributed by atoms with Crippen molar-refractivity contribution in [1.82, 2.24) is 4.90 Å². The number of hydrogen-bond acceptors (Lipinski definition) is 3. The number of piperidine rings is 1. The second kappa shape index (κ2) is 3.56. The summed E-state index contributed by atoms with van der Waals surface area (Å²) in [4.78, 5) is 2.38. The van der Waals surface area contributed by atoms with E-state index in [0.29, 0.717) is 18.2 Å². The van der Waals surface area contributed by atoms with Crippen LogP contribution in [0, 0.1) is 0 Å². The molecule has 2 heterocycles. The third kappa shape index (κ3) is 1.60. The van der Waals surface area contributed by atoms with Crippen molar-refractivity contribution in [2.45, 2.75) is 50.5 Å². The molecule has 0 saturated carbocycles. The van der Waals surface area contributed by atoms with Gasteiger partial charge in [0.1, 0.15) is 0 Å². The van der Waals surface area contributed by atoms with Crippen LogP contribution in [0.15, 0.2) is 0 Å². The first kappa shape index (κ1) is 9.44. The second-order valence-electron chi connectivity index (χ2n) is 4.24. The number of nitrogens with zero attached hydrogens (tertiary/aromatic N) is 1. The van der Waals surface area contributed by atoms with Gasteiger partial charge in [-0.1, -0.05) is 0 Å². The zero-order chi connectivity index (χ0) is 9.42. The molecule has 0 unspecified atom stereocenters. The lowest BCUT2D eigenvalue weighted by molar-refractivity contribution is 0.00158. The molecule has 2 fully saturated rings. The first-order chi connectivity index (χ1) is 6.22. The number of aliphatic hydroxyl groups is 1. The Hall–Kier alpha value is -0.120. The normalized spacial score (nSPS) is 45.5. The molecule has 1 N–H and O–H groups in total. The number of hydrogen-bond donors (Lipinski definition) is 1. The van der Waals surface area contributed by atoms with Crippen molar-refractivity contribution in [3.63, 3.8) is 0 Å². The largest absolute Gasteiger partial charge is 0.393 e. The second-order valence-corrected chi connectivity index (χ2v) is 4.24. The molecule has 3 nitrogen and oxygen atoms in total. The van der Waals surface area contributed by atoms with Crippen LogP contribution in [0.5, 0.6) is 0 Å². The van der Waals surface area contributed by atoms with E-state index >= 15 is 0 Å². The van der Waals surface area contributed by atoms with Crippen molar-refractivity contribution in [2.24, 2.45) is 0 Å². The van der Waals surface area contributed by atoms with Crippen LogP contribution in [-0.4, -0.2) is 48.0 Å². The van der Waals surface area contributed by atoms with Crippen LogP contribution in [0.2, 0.25) is 0 Å². The molecule has 2 aliphatic rings. The number of fused-ring (bicyclic) bond motifs is 2. The van der Waals surface area contributed by atoms with Crippen LogP contribution in [0.1, 0.15) is 26.2 Å². The van der Waals surface area contributed by atoms with Crippen molar-refractivity contribution in [1.29, 1.82) is 0 Å². The van der Waals surface area contributed by atoms with Gasteiger partial charge in [-0.2, -0.15) is 0 Å². The highest BCUT2D eigenvalue weighted by molar-refractivity contribution is 4.99. The first-order valence-corrected chi connectivity index (χ1v) is 5.24. The summed E-state index contributed by atoms with van der Waals surface area (Å²) in [5.41, 5.74) is 0. The number of likely N-dealkylation sites (N-methyl/N-ethyl adjacent to an activating group) is 1. The Kier molecular flexibility index (Phi) is 2.58. The molecule has 13 heavy (non-hydrogen) atoms. The Morgan fingerprint density at radius 3 is 2.85 bits per heavy atom. The Bertz CT molecular complexity index is 186. The summed E-state index contributed by atoms with van der Waals surface area (Å²) < 4.78 is 5.68. The van der Waals surface area contributed by atoms with E-state index in [9.17, 15) is 5.11 Å². The minimum atomic E-state index is -0.100. The minimum Gasteiger partial charge on any atom is -0.393 e. The molecule has 76 valence electrons. The lowest BCUT2D eigenvalue weighted by atomic mass is 10.0. The van der Waals surface area contributed by atoms with Gasteiger partial charge >= 0.3 is 0 Å². The Balaban J connectivity index is 2.04. The zero-order valence-electron chi connectivity index (χ0n) is 8.44. The van der Waals surface area contributed by atoms with E-state index in [1.807, 2.05) is 6.92 Å². The third-order valence-corrected chi connectivity index (χ3v) is 3.47. The average Bonchev–Trinajstić information content (AvgIpc) is 2.31. The van der Waals surface area contributed by atoms with E-state index in [2.05, 4.69) is 11.9 Å². The average molecular weight is 185 g/mol. The molecule has 0 aliphatic carbocycles. The SMILES string of the molecule is CCO[C@@H]1C[C@H]2C[C@H](O)C[C@@H]1N2C. The van der Waals surface area contributed by atoms with Crippen LogP contribution in [-0.2, 0) is 4.74 Å². The smallest absolute Gasteiger partial charge is 0.0745 e. The highest BCUT2D eigenvalue weighted by Gasteiger charge is 2.44. The minimum absolute atomic E-state index is 0.100. The maximum absolute atomic E-state index is 9.61. The van der Waals surface area contributed by atoms with E-state index in [0.717, 1.165) is 25.9 Å². The molecule has 2 rings (SSSR count). The fraction of sp³-hybridized carbons (Fsp3) is 1.00. The van der Waals surface area contributed by atoms with Crippen LogP contribution in [0.3, 0.4) is 0 Å². The molecule has 3 heteroatoms. The summed E-state index contributed by atoms with van der Waals surface area (Å²) in [6.07, 6.45) is 3.18. The third-order valence-electron chi connectivity index (χ3n) is 3.47. The van der Waals surface area contributed by atoms with Crippen molar-refractivity contribution < 1.29 is 9.84 Å². The van der Waals surface area contributed by atoms with Gasteiger partial charge in [-0.05, 0) is 33.2 Å². The van der Waals surface area contributed by atoms with Gasteiger partial charge in [0.25, 0.3) is 0 Å². The predicted molar refractivity (Wildman–Crippen MR) is 50.6 cm³/mol. The van der Waals surface area contributed by atoms with Crippen molar-refractivity contribution in [3.8, 4) is 0 Å². The summed E-state index contributed by atoms with van der Waals surface area (Å²) in [6, 6.07) is 0.999. The molecule has 2 aliphatic heterocycles. The van der Waals surface area contributed by atoms with Crippen LogP contribution in [0.4, 0.5) is 0 Å². The molecule has 0 aromatic rings. The summed E-state index contributed by atoms with van der Waals surface area (Å²) in [6.45, 7) is 2.83. The van der Waals surface area contributed by atoms with Crippen molar-refractivity contribution in [2.75, 3.05) is 13.7 Å². The van der Waals surface area contributed by atoms with Gasteiger partial charge in [-0.3, -0.25) is 4.90 Å². The fourth-order valence-corrected chi connectivity index (χ4v) is 2.79. The lowest BCUT2D eigenvalue weighted by Gasteiger charge is -2.34. The first-order valence-electron chi connectivity index (χ1n) is 5.24. The fourth-order valence-electron chi connectivity index (χ4n) is 2.79. The van der Waals surface area contributed by atoms with Crippen molar-refractivity contribution >= 4 is 0 Å².